The number of hydrogen-bond donors (Lipinski definition) is 1. The maximum atomic E-state index is 14.9. The fourth-order valence-electron chi connectivity index (χ4n) is 4.22. The van der Waals surface area contributed by atoms with Crippen molar-refractivity contribution in [1.82, 2.24) is 10.2 Å². The lowest BCUT2D eigenvalue weighted by Gasteiger charge is -2.33. The van der Waals surface area contributed by atoms with E-state index in [-0.39, 0.29) is 17.8 Å². The Balaban J connectivity index is 1.64. The van der Waals surface area contributed by atoms with Crippen LogP contribution in [0.1, 0.15) is 35.4 Å². The van der Waals surface area contributed by atoms with Gasteiger partial charge in [-0.3, -0.25) is 0 Å². The van der Waals surface area contributed by atoms with Gasteiger partial charge in [-0.05, 0) is 62.3 Å². The molecule has 2 aliphatic rings. The fraction of sp³-hybridized carbons (Fsp3) is 0.455. The molecule has 0 saturated carbocycles. The lowest BCUT2D eigenvalue weighted by atomic mass is 9.84. The average Bonchev–Trinajstić information content (AvgIpc) is 2.68. The van der Waals surface area contributed by atoms with Crippen molar-refractivity contribution in [3.05, 3.63) is 58.9 Å². The third-order valence-electron chi connectivity index (χ3n) is 5.60. The summed E-state index contributed by atoms with van der Waals surface area (Å²) in [6.07, 6.45) is 2.35. The Morgan fingerprint density at radius 3 is 2.70 bits per heavy atom. The van der Waals surface area contributed by atoms with Crippen molar-refractivity contribution in [2.45, 2.75) is 31.4 Å². The van der Waals surface area contributed by atoms with Gasteiger partial charge in [0, 0.05) is 24.6 Å². The molecule has 1 N–H and O–H groups in total. The quantitative estimate of drug-likeness (QED) is 0.893. The van der Waals surface area contributed by atoms with Crippen molar-refractivity contribution in [2.75, 3.05) is 33.8 Å². The zero-order valence-corrected chi connectivity index (χ0v) is 16.0. The van der Waals surface area contributed by atoms with Crippen molar-refractivity contribution >= 4 is 0 Å². The fourth-order valence-corrected chi connectivity index (χ4v) is 4.22. The lowest BCUT2D eigenvalue weighted by Crippen LogP contribution is -2.34. The van der Waals surface area contributed by atoms with Crippen LogP contribution in [0.25, 0.3) is 0 Å². The standard InChI is InChI=1S/C22H27FN2O2/c1-25-13-15-12-17(27-16-8-10-24-11-9-16)6-7-18(15)20(14-25)19-4-3-5-21(26-2)22(19)23/h3-7,12,16,20,24H,8-11,13-14H2,1-2H3. The SMILES string of the molecule is COc1cccc(C2CN(C)Cc3cc(OC4CCNCC4)ccc32)c1F. The summed E-state index contributed by atoms with van der Waals surface area (Å²) in [5, 5.41) is 3.36. The van der Waals surface area contributed by atoms with Crippen molar-refractivity contribution in [1.29, 1.82) is 0 Å². The first kappa shape index (κ1) is 18.3. The van der Waals surface area contributed by atoms with Gasteiger partial charge < -0.3 is 19.7 Å². The van der Waals surface area contributed by atoms with Crippen molar-refractivity contribution in [2.24, 2.45) is 0 Å². The van der Waals surface area contributed by atoms with Gasteiger partial charge in [-0.15, -0.1) is 0 Å². The van der Waals surface area contributed by atoms with Crippen LogP contribution < -0.4 is 14.8 Å². The Labute approximate surface area is 160 Å². The molecule has 2 aromatic rings. The van der Waals surface area contributed by atoms with Crippen molar-refractivity contribution < 1.29 is 13.9 Å². The topological polar surface area (TPSA) is 33.7 Å². The molecule has 2 aromatic carbocycles. The summed E-state index contributed by atoms with van der Waals surface area (Å²) < 4.78 is 26.3. The van der Waals surface area contributed by atoms with Crippen LogP contribution in [0.5, 0.6) is 11.5 Å². The van der Waals surface area contributed by atoms with Crippen molar-refractivity contribution in [3.8, 4) is 11.5 Å². The molecule has 1 saturated heterocycles. The van der Waals surface area contributed by atoms with Gasteiger partial charge in [0.05, 0.1) is 7.11 Å². The molecule has 0 amide bonds. The minimum Gasteiger partial charge on any atom is -0.494 e. The Hall–Kier alpha value is -2.11. The van der Waals surface area contributed by atoms with E-state index in [0.29, 0.717) is 11.3 Å². The van der Waals surface area contributed by atoms with E-state index >= 15 is 0 Å². The summed E-state index contributed by atoms with van der Waals surface area (Å²) in [7, 11) is 3.59. The van der Waals surface area contributed by atoms with E-state index in [4.69, 9.17) is 9.47 Å². The first-order chi connectivity index (χ1) is 13.2. The van der Waals surface area contributed by atoms with Crippen LogP contribution in [0, 0.1) is 5.82 Å². The summed E-state index contributed by atoms with van der Waals surface area (Å²) in [6, 6.07) is 11.7. The van der Waals surface area contributed by atoms with Crippen LogP contribution in [-0.2, 0) is 6.54 Å². The molecule has 27 heavy (non-hydrogen) atoms. The smallest absolute Gasteiger partial charge is 0.168 e. The van der Waals surface area contributed by atoms with E-state index in [1.165, 1.54) is 18.2 Å². The largest absolute Gasteiger partial charge is 0.494 e. The second kappa shape index (κ2) is 7.87. The summed E-state index contributed by atoms with van der Waals surface area (Å²) in [5.74, 6) is 0.942. The first-order valence-corrected chi connectivity index (χ1v) is 9.67. The van der Waals surface area contributed by atoms with Crippen LogP contribution >= 0.6 is 0 Å². The second-order valence-corrected chi connectivity index (χ2v) is 7.54. The lowest BCUT2D eigenvalue weighted by molar-refractivity contribution is 0.162. The first-order valence-electron chi connectivity index (χ1n) is 9.67. The number of nitrogens with one attached hydrogen (secondary N) is 1. The van der Waals surface area contributed by atoms with E-state index in [2.05, 4.69) is 29.4 Å². The third-order valence-corrected chi connectivity index (χ3v) is 5.60. The minimum atomic E-state index is -0.263. The molecule has 1 atom stereocenters. The summed E-state index contributed by atoms with van der Waals surface area (Å²) in [4.78, 5) is 2.24. The predicted octanol–water partition coefficient (Wildman–Crippen LogP) is 3.54. The molecule has 2 aliphatic heterocycles. The van der Waals surface area contributed by atoms with Crippen LogP contribution in [0.15, 0.2) is 36.4 Å². The van der Waals surface area contributed by atoms with Gasteiger partial charge in [-0.1, -0.05) is 18.2 Å². The number of methoxy groups -OCH3 is 1. The van der Waals surface area contributed by atoms with E-state index in [1.807, 2.05) is 18.2 Å². The number of halogens is 1. The molecule has 0 radical (unpaired) electrons. The highest BCUT2D eigenvalue weighted by molar-refractivity contribution is 5.46. The Morgan fingerprint density at radius 2 is 1.93 bits per heavy atom. The van der Waals surface area contributed by atoms with Gasteiger partial charge in [0.1, 0.15) is 11.9 Å². The predicted molar refractivity (Wildman–Crippen MR) is 104 cm³/mol. The molecular formula is C22H27FN2O2. The van der Waals surface area contributed by atoms with Gasteiger partial charge in [-0.2, -0.15) is 0 Å². The Morgan fingerprint density at radius 1 is 1.11 bits per heavy atom. The van der Waals surface area contributed by atoms with E-state index in [1.54, 1.807) is 6.07 Å². The molecule has 144 valence electrons. The zero-order chi connectivity index (χ0) is 18.8. The van der Waals surface area contributed by atoms with Crippen LogP contribution in [0.2, 0.25) is 0 Å². The molecule has 4 rings (SSSR count). The number of benzene rings is 2. The maximum absolute atomic E-state index is 14.9. The average molecular weight is 370 g/mol. The van der Waals surface area contributed by atoms with E-state index in [9.17, 15) is 4.39 Å². The minimum absolute atomic E-state index is 0.0122. The van der Waals surface area contributed by atoms with Crippen LogP contribution in [0.4, 0.5) is 4.39 Å². The molecule has 1 unspecified atom stereocenters. The van der Waals surface area contributed by atoms with Gasteiger partial charge in [0.25, 0.3) is 0 Å². The third kappa shape index (κ3) is 3.80. The number of ether oxygens (including phenoxy) is 2. The number of fused-ring (bicyclic) bond motifs is 1. The Kier molecular flexibility index (Phi) is 5.32. The zero-order valence-electron chi connectivity index (χ0n) is 16.0. The molecule has 2 heterocycles. The monoisotopic (exact) mass is 370 g/mol. The van der Waals surface area contributed by atoms with Gasteiger partial charge in [-0.25, -0.2) is 4.39 Å². The summed E-state index contributed by atoms with van der Waals surface area (Å²) >= 11 is 0. The molecule has 0 bridgehead atoms. The molecule has 0 aliphatic carbocycles. The molecular weight excluding hydrogens is 343 g/mol. The van der Waals surface area contributed by atoms with Crippen LogP contribution in [0.3, 0.4) is 0 Å². The van der Waals surface area contributed by atoms with Gasteiger partial charge in [0.2, 0.25) is 0 Å². The molecule has 1 fully saturated rings. The highest BCUT2D eigenvalue weighted by Gasteiger charge is 2.28. The molecule has 0 aromatic heterocycles. The molecule has 0 spiro atoms. The van der Waals surface area contributed by atoms with E-state index < -0.39 is 0 Å². The Bertz CT molecular complexity index is 805. The van der Waals surface area contributed by atoms with E-state index in [0.717, 1.165) is 44.8 Å². The highest BCUT2D eigenvalue weighted by atomic mass is 19.1. The summed E-state index contributed by atoms with van der Waals surface area (Å²) in [6.45, 7) is 3.65. The van der Waals surface area contributed by atoms with Crippen LogP contribution in [-0.4, -0.2) is 44.8 Å². The number of likely N-dealkylation sites (N-methyl/N-ethyl adjacent to an activating group) is 1. The molecule has 5 heteroatoms. The number of rotatable bonds is 4. The molecule has 4 nitrogen and oxygen atoms in total. The number of hydrogen-bond acceptors (Lipinski definition) is 4. The number of piperidine rings is 1. The van der Waals surface area contributed by atoms with Gasteiger partial charge >= 0.3 is 0 Å². The normalized spacial score (nSPS) is 20.9. The number of nitrogens with zero attached hydrogens (tertiary/aromatic N) is 1. The second-order valence-electron chi connectivity index (χ2n) is 7.54. The summed E-state index contributed by atoms with van der Waals surface area (Å²) in [5.41, 5.74) is 3.08. The highest BCUT2D eigenvalue weighted by Crippen LogP contribution is 2.38. The van der Waals surface area contributed by atoms with Gasteiger partial charge in [0.15, 0.2) is 11.6 Å². The maximum Gasteiger partial charge on any atom is 0.168 e. The van der Waals surface area contributed by atoms with Crippen molar-refractivity contribution in [3.63, 3.8) is 0 Å².